The minimum Gasteiger partial charge on any atom is -0.491 e. The molecule has 2 saturated heterocycles. The van der Waals surface area contributed by atoms with Crippen molar-refractivity contribution >= 4 is 40.6 Å². The van der Waals surface area contributed by atoms with E-state index < -0.39 is 5.79 Å². The van der Waals surface area contributed by atoms with Gasteiger partial charge in [0.05, 0.1) is 36.1 Å². The summed E-state index contributed by atoms with van der Waals surface area (Å²) in [6, 6.07) is 6.49. The zero-order valence-electron chi connectivity index (χ0n) is 21.6. The van der Waals surface area contributed by atoms with E-state index in [-0.39, 0.29) is 29.8 Å². The zero-order chi connectivity index (χ0) is 27.0. The van der Waals surface area contributed by atoms with Crippen LogP contribution in [-0.4, -0.2) is 71.1 Å². The first-order chi connectivity index (χ1) is 18.8. The first kappa shape index (κ1) is 25.5. The second-order valence-electron chi connectivity index (χ2n) is 10.0. The van der Waals surface area contributed by atoms with E-state index in [4.69, 9.17) is 14.2 Å². The molecule has 0 radical (unpaired) electrons. The molecule has 0 spiro atoms. The summed E-state index contributed by atoms with van der Waals surface area (Å²) in [6.45, 7) is 6.31. The van der Waals surface area contributed by atoms with Crippen LogP contribution in [0.4, 0.5) is 22.1 Å². The second-order valence-corrected chi connectivity index (χ2v) is 10.7. The van der Waals surface area contributed by atoms with Gasteiger partial charge in [-0.1, -0.05) is 0 Å². The monoisotopic (exact) mass is 551 g/mol. The summed E-state index contributed by atoms with van der Waals surface area (Å²) in [5.41, 5.74) is 3.55. The lowest BCUT2D eigenvalue weighted by Crippen LogP contribution is -2.48. The van der Waals surface area contributed by atoms with E-state index in [1.165, 1.54) is 11.3 Å². The number of fused-ring (bicyclic) bond motifs is 4. The Labute approximate surface area is 229 Å². The number of carbonyl (C=O) groups is 2. The minimum absolute atomic E-state index is 0.0689. The van der Waals surface area contributed by atoms with Gasteiger partial charge in [-0.2, -0.15) is 0 Å². The van der Waals surface area contributed by atoms with Gasteiger partial charge in [0.1, 0.15) is 30.0 Å². The van der Waals surface area contributed by atoms with Gasteiger partial charge in [-0.25, -0.2) is 19.7 Å². The summed E-state index contributed by atoms with van der Waals surface area (Å²) in [5.74, 6) is 0.404. The molecular formula is C26H29N7O5S. The molecule has 6 heterocycles. The van der Waals surface area contributed by atoms with Crippen LogP contribution < -0.4 is 25.2 Å². The molecule has 3 aromatic rings. The van der Waals surface area contributed by atoms with Gasteiger partial charge in [0.25, 0.3) is 5.91 Å². The van der Waals surface area contributed by atoms with Gasteiger partial charge in [-0.05, 0) is 38.5 Å². The number of urea groups is 1. The fourth-order valence-corrected chi connectivity index (χ4v) is 5.52. The molecule has 2 bridgehead atoms. The fourth-order valence-electron chi connectivity index (χ4n) is 4.96. The van der Waals surface area contributed by atoms with E-state index in [1.54, 1.807) is 34.8 Å². The van der Waals surface area contributed by atoms with E-state index in [9.17, 15) is 9.59 Å². The number of hydrogen-bond acceptors (Lipinski definition) is 10. The molecule has 0 aliphatic carbocycles. The minimum atomic E-state index is -0.623. The van der Waals surface area contributed by atoms with Crippen molar-refractivity contribution in [2.24, 2.45) is 0 Å². The topological polar surface area (TPSA) is 131 Å². The van der Waals surface area contributed by atoms with Crippen molar-refractivity contribution in [1.82, 2.24) is 20.3 Å². The number of rotatable bonds is 7. The van der Waals surface area contributed by atoms with Crippen molar-refractivity contribution in [3.63, 3.8) is 0 Å². The zero-order valence-corrected chi connectivity index (χ0v) is 22.4. The van der Waals surface area contributed by atoms with Crippen LogP contribution in [0.25, 0.3) is 0 Å². The molecule has 2 atom stereocenters. The summed E-state index contributed by atoms with van der Waals surface area (Å²) in [5, 5.41) is 7.60. The Morgan fingerprint density at radius 2 is 2.15 bits per heavy atom. The maximum Gasteiger partial charge on any atom is 0.329 e. The van der Waals surface area contributed by atoms with Crippen molar-refractivity contribution in [2.75, 3.05) is 41.4 Å². The van der Waals surface area contributed by atoms with Crippen molar-refractivity contribution < 1.29 is 23.8 Å². The summed E-state index contributed by atoms with van der Waals surface area (Å²) in [7, 11) is 0. The van der Waals surface area contributed by atoms with Gasteiger partial charge < -0.3 is 24.4 Å². The lowest BCUT2D eigenvalue weighted by molar-refractivity contribution is -0.141. The highest BCUT2D eigenvalue weighted by Gasteiger charge is 2.40. The molecule has 3 amide bonds. The highest BCUT2D eigenvalue weighted by Crippen LogP contribution is 2.39. The molecule has 0 unspecified atom stereocenters. The van der Waals surface area contributed by atoms with Crippen LogP contribution in [0.15, 0.2) is 41.4 Å². The molecule has 3 aromatic heterocycles. The Morgan fingerprint density at radius 3 is 2.95 bits per heavy atom. The summed E-state index contributed by atoms with van der Waals surface area (Å²) in [4.78, 5) is 43.3. The van der Waals surface area contributed by atoms with Crippen molar-refractivity contribution in [2.45, 2.75) is 44.7 Å². The number of anilines is 3. The van der Waals surface area contributed by atoms with Crippen molar-refractivity contribution in [3.05, 3.63) is 52.7 Å². The van der Waals surface area contributed by atoms with Gasteiger partial charge in [-0.3, -0.25) is 15.0 Å². The van der Waals surface area contributed by atoms with Crippen LogP contribution >= 0.6 is 11.3 Å². The number of hydrogen-bond donors (Lipinski definition) is 2. The lowest BCUT2D eigenvalue weighted by Gasteiger charge is -2.35. The standard InChI is InChI=1S/C26H29N7O5S/c1-26(2)37-13-19(38-26)12-36-18-5-7-27-22(9-18)31-25(35)33-17-6-8-32(11-17)21-4-3-20(30-23(21)33)24(34)28-10-16-14-39-15-29-16/h3-5,7,9,14-15,17,19H,6,8,10-13H2,1-2H3,(H,28,34)(H,27,31,35)/t17-,19-/m0/s1. The lowest BCUT2D eigenvalue weighted by atomic mass is 10.1. The van der Waals surface area contributed by atoms with E-state index >= 15 is 0 Å². The van der Waals surface area contributed by atoms with E-state index in [0.29, 0.717) is 43.7 Å². The quantitative estimate of drug-likeness (QED) is 0.455. The van der Waals surface area contributed by atoms with Crippen molar-refractivity contribution in [3.8, 4) is 5.75 Å². The third-order valence-electron chi connectivity index (χ3n) is 6.79. The van der Waals surface area contributed by atoms with Crippen LogP contribution in [-0.2, 0) is 16.0 Å². The molecule has 0 saturated carbocycles. The third kappa shape index (κ3) is 5.51. The van der Waals surface area contributed by atoms with Gasteiger partial charge in [0.2, 0.25) is 0 Å². The molecule has 3 aliphatic rings. The Bertz CT molecular complexity index is 1370. The maximum absolute atomic E-state index is 13.6. The van der Waals surface area contributed by atoms with E-state index in [2.05, 4.69) is 30.5 Å². The van der Waals surface area contributed by atoms with E-state index in [0.717, 1.165) is 24.3 Å². The highest BCUT2D eigenvalue weighted by atomic mass is 32.1. The third-order valence-corrected chi connectivity index (χ3v) is 7.42. The number of aromatic nitrogens is 3. The van der Waals surface area contributed by atoms with Crippen LogP contribution in [0.1, 0.15) is 36.5 Å². The van der Waals surface area contributed by atoms with E-state index in [1.807, 2.05) is 25.3 Å². The number of nitrogens with one attached hydrogen (secondary N) is 2. The summed E-state index contributed by atoms with van der Waals surface area (Å²) >= 11 is 1.47. The molecule has 12 nitrogen and oxygen atoms in total. The molecule has 204 valence electrons. The molecular weight excluding hydrogens is 522 g/mol. The number of nitrogens with zero attached hydrogens (tertiary/aromatic N) is 5. The first-order valence-electron chi connectivity index (χ1n) is 12.8. The average Bonchev–Trinajstić information content (AvgIpc) is 3.67. The Hall–Kier alpha value is -3.81. The Morgan fingerprint density at radius 1 is 1.26 bits per heavy atom. The van der Waals surface area contributed by atoms with Gasteiger partial charge in [-0.15, -0.1) is 11.3 Å². The molecule has 2 fully saturated rings. The summed E-state index contributed by atoms with van der Waals surface area (Å²) < 4.78 is 17.2. The molecule has 13 heteroatoms. The normalized spacial score (nSPS) is 21.0. The first-order valence-corrected chi connectivity index (χ1v) is 13.7. The fraction of sp³-hybridized carbons (Fsp3) is 0.423. The Kier molecular flexibility index (Phi) is 6.79. The van der Waals surface area contributed by atoms with Crippen LogP contribution in [0.5, 0.6) is 5.75 Å². The predicted octanol–water partition coefficient (Wildman–Crippen LogP) is 3.02. The number of pyridine rings is 2. The number of ether oxygens (including phenoxy) is 3. The maximum atomic E-state index is 13.6. The van der Waals surface area contributed by atoms with Crippen LogP contribution in [0, 0.1) is 0 Å². The van der Waals surface area contributed by atoms with Gasteiger partial charge in [0, 0.05) is 30.7 Å². The molecule has 0 aromatic carbocycles. The molecule has 2 N–H and O–H groups in total. The highest BCUT2D eigenvalue weighted by molar-refractivity contribution is 7.07. The van der Waals surface area contributed by atoms with Crippen molar-refractivity contribution in [1.29, 1.82) is 0 Å². The Balaban J connectivity index is 1.16. The smallest absolute Gasteiger partial charge is 0.329 e. The van der Waals surface area contributed by atoms with Gasteiger partial charge in [0.15, 0.2) is 11.6 Å². The predicted molar refractivity (Wildman–Crippen MR) is 144 cm³/mol. The van der Waals surface area contributed by atoms with Crippen LogP contribution in [0.2, 0.25) is 0 Å². The largest absolute Gasteiger partial charge is 0.491 e. The van der Waals surface area contributed by atoms with Crippen LogP contribution in [0.3, 0.4) is 0 Å². The second kappa shape index (κ2) is 10.4. The molecule has 6 rings (SSSR count). The molecule has 3 aliphatic heterocycles. The number of thiazole rings is 1. The summed E-state index contributed by atoms with van der Waals surface area (Å²) in [6.07, 6.45) is 2.19. The molecule has 39 heavy (non-hydrogen) atoms. The van der Waals surface area contributed by atoms with Gasteiger partial charge >= 0.3 is 6.03 Å². The average molecular weight is 552 g/mol. The number of carbonyl (C=O) groups excluding carboxylic acids is 2. The SMILES string of the molecule is CC1(C)OC[C@H](COc2ccnc(NC(=O)N3c4nc(C(=O)NCc5cscn5)ccc4N4CC[C@H]3C4)c2)O1. The number of amides is 3.